The number of amides is 1. The van der Waals surface area contributed by atoms with E-state index in [9.17, 15) is 13.2 Å². The van der Waals surface area contributed by atoms with Gasteiger partial charge in [0, 0.05) is 11.3 Å². The van der Waals surface area contributed by atoms with Crippen LogP contribution < -0.4 is 10.0 Å². The standard InChI is InChI=1S/C15H15ClN2O3S/c1-10-4-3-5-12(8-10)17-15(19)11-6-7-14(13(16)9-11)18-22(2,20)21/h3-9,18H,1-2H3,(H,17,19). The Morgan fingerprint density at radius 3 is 2.45 bits per heavy atom. The molecule has 2 N–H and O–H groups in total. The number of halogens is 1. The number of aryl methyl sites for hydroxylation is 1. The Kier molecular flexibility index (Phi) is 4.73. The van der Waals surface area contributed by atoms with E-state index in [2.05, 4.69) is 10.0 Å². The fourth-order valence-corrected chi connectivity index (χ4v) is 2.73. The first-order chi connectivity index (χ1) is 10.2. The molecule has 2 aromatic rings. The van der Waals surface area contributed by atoms with Gasteiger partial charge in [-0.2, -0.15) is 0 Å². The van der Waals surface area contributed by atoms with Crippen LogP contribution in [0.15, 0.2) is 42.5 Å². The van der Waals surface area contributed by atoms with E-state index in [4.69, 9.17) is 11.6 Å². The summed E-state index contributed by atoms with van der Waals surface area (Å²) in [7, 11) is -3.42. The Hall–Kier alpha value is -2.05. The Morgan fingerprint density at radius 2 is 1.86 bits per heavy atom. The number of sulfonamides is 1. The van der Waals surface area contributed by atoms with E-state index >= 15 is 0 Å². The molecule has 0 atom stereocenters. The molecule has 0 unspecified atom stereocenters. The van der Waals surface area contributed by atoms with Gasteiger partial charge in [0.15, 0.2) is 0 Å². The first-order valence-electron chi connectivity index (χ1n) is 6.40. The molecular weight excluding hydrogens is 324 g/mol. The highest BCUT2D eigenvalue weighted by molar-refractivity contribution is 7.92. The molecule has 116 valence electrons. The van der Waals surface area contributed by atoms with Crippen LogP contribution in [0.1, 0.15) is 15.9 Å². The van der Waals surface area contributed by atoms with Gasteiger partial charge < -0.3 is 5.32 Å². The molecule has 22 heavy (non-hydrogen) atoms. The summed E-state index contributed by atoms with van der Waals surface area (Å²) in [5.41, 5.74) is 2.28. The molecular formula is C15H15ClN2O3S. The minimum atomic E-state index is -3.42. The molecule has 0 saturated heterocycles. The van der Waals surface area contributed by atoms with Gasteiger partial charge in [-0.15, -0.1) is 0 Å². The zero-order chi connectivity index (χ0) is 16.3. The van der Waals surface area contributed by atoms with Gasteiger partial charge in [-0.1, -0.05) is 23.7 Å². The van der Waals surface area contributed by atoms with Crippen LogP contribution >= 0.6 is 11.6 Å². The van der Waals surface area contributed by atoms with Gasteiger partial charge in [0.05, 0.1) is 17.0 Å². The van der Waals surface area contributed by atoms with E-state index in [0.29, 0.717) is 11.3 Å². The normalized spacial score (nSPS) is 11.0. The summed E-state index contributed by atoms with van der Waals surface area (Å²) in [6.07, 6.45) is 1.03. The van der Waals surface area contributed by atoms with E-state index in [0.717, 1.165) is 11.8 Å². The summed E-state index contributed by atoms with van der Waals surface area (Å²) in [4.78, 5) is 12.2. The third-order valence-electron chi connectivity index (χ3n) is 2.80. The molecule has 2 aromatic carbocycles. The summed E-state index contributed by atoms with van der Waals surface area (Å²) in [6, 6.07) is 11.8. The molecule has 0 aliphatic heterocycles. The molecule has 0 heterocycles. The van der Waals surface area contributed by atoms with Gasteiger partial charge in [0.2, 0.25) is 10.0 Å². The van der Waals surface area contributed by atoms with Crippen LogP contribution in [-0.4, -0.2) is 20.6 Å². The summed E-state index contributed by atoms with van der Waals surface area (Å²) in [6.45, 7) is 1.93. The monoisotopic (exact) mass is 338 g/mol. The minimum absolute atomic E-state index is 0.155. The van der Waals surface area contributed by atoms with Crippen LogP contribution in [0.4, 0.5) is 11.4 Å². The maximum Gasteiger partial charge on any atom is 0.255 e. The molecule has 5 nitrogen and oxygen atoms in total. The number of carbonyl (C=O) groups is 1. The number of benzene rings is 2. The fraction of sp³-hybridized carbons (Fsp3) is 0.133. The lowest BCUT2D eigenvalue weighted by Crippen LogP contribution is -2.13. The number of hydrogen-bond donors (Lipinski definition) is 2. The third kappa shape index (κ3) is 4.47. The van der Waals surface area contributed by atoms with Crippen LogP contribution in [0.3, 0.4) is 0 Å². The molecule has 0 fully saturated rings. The van der Waals surface area contributed by atoms with Crippen molar-refractivity contribution in [2.24, 2.45) is 0 Å². The van der Waals surface area contributed by atoms with Crippen molar-refractivity contribution < 1.29 is 13.2 Å². The van der Waals surface area contributed by atoms with Gasteiger partial charge in [-0.25, -0.2) is 8.42 Å². The van der Waals surface area contributed by atoms with Gasteiger partial charge in [0.1, 0.15) is 0 Å². The smallest absolute Gasteiger partial charge is 0.255 e. The molecule has 0 aromatic heterocycles. The summed E-state index contributed by atoms with van der Waals surface area (Å²) in [5.74, 6) is -0.321. The molecule has 1 amide bonds. The Labute approximate surface area is 134 Å². The van der Waals surface area contributed by atoms with Crippen LogP contribution in [0, 0.1) is 6.92 Å². The highest BCUT2D eigenvalue weighted by Crippen LogP contribution is 2.24. The maximum atomic E-state index is 12.2. The van der Waals surface area contributed by atoms with Crippen LogP contribution in [0.25, 0.3) is 0 Å². The summed E-state index contributed by atoms with van der Waals surface area (Å²) < 4.78 is 24.7. The lowest BCUT2D eigenvalue weighted by Gasteiger charge is -2.09. The molecule has 0 saturated carbocycles. The first kappa shape index (κ1) is 16.3. The highest BCUT2D eigenvalue weighted by atomic mass is 35.5. The van der Waals surface area contributed by atoms with Crippen molar-refractivity contribution in [3.63, 3.8) is 0 Å². The second-order valence-electron chi connectivity index (χ2n) is 4.89. The topological polar surface area (TPSA) is 75.3 Å². The quantitative estimate of drug-likeness (QED) is 0.898. The zero-order valence-corrected chi connectivity index (χ0v) is 13.6. The van der Waals surface area contributed by atoms with Gasteiger partial charge in [0.25, 0.3) is 5.91 Å². The van der Waals surface area contributed by atoms with Gasteiger partial charge in [-0.3, -0.25) is 9.52 Å². The Bertz CT molecular complexity index is 819. The number of rotatable bonds is 4. The van der Waals surface area contributed by atoms with Crippen molar-refractivity contribution in [1.82, 2.24) is 0 Å². The SMILES string of the molecule is Cc1cccc(NC(=O)c2ccc(NS(C)(=O)=O)c(Cl)c2)c1. The number of nitrogens with one attached hydrogen (secondary N) is 2. The maximum absolute atomic E-state index is 12.2. The lowest BCUT2D eigenvalue weighted by molar-refractivity contribution is 0.102. The minimum Gasteiger partial charge on any atom is -0.322 e. The number of anilines is 2. The average Bonchev–Trinajstić information content (AvgIpc) is 2.39. The van der Waals surface area contributed by atoms with E-state index in [1.807, 2.05) is 25.1 Å². The van der Waals surface area contributed by atoms with Crippen molar-refractivity contribution >= 4 is 38.9 Å². The molecule has 0 spiro atoms. The van der Waals surface area contributed by atoms with E-state index in [-0.39, 0.29) is 16.6 Å². The fourth-order valence-electron chi connectivity index (χ4n) is 1.86. The Morgan fingerprint density at radius 1 is 1.14 bits per heavy atom. The van der Waals surface area contributed by atoms with Gasteiger partial charge >= 0.3 is 0 Å². The van der Waals surface area contributed by atoms with Crippen LogP contribution in [0.2, 0.25) is 5.02 Å². The van der Waals surface area contributed by atoms with Crippen molar-refractivity contribution in [3.05, 3.63) is 58.6 Å². The Balaban J connectivity index is 2.19. The second-order valence-corrected chi connectivity index (χ2v) is 7.05. The zero-order valence-electron chi connectivity index (χ0n) is 12.1. The van der Waals surface area contributed by atoms with Crippen LogP contribution in [-0.2, 0) is 10.0 Å². The van der Waals surface area contributed by atoms with Crippen molar-refractivity contribution in [2.75, 3.05) is 16.3 Å². The molecule has 0 bridgehead atoms. The predicted octanol–water partition coefficient (Wildman–Crippen LogP) is 3.27. The summed E-state index contributed by atoms with van der Waals surface area (Å²) in [5, 5.41) is 2.91. The molecule has 7 heteroatoms. The van der Waals surface area contributed by atoms with Crippen LogP contribution in [0.5, 0.6) is 0 Å². The van der Waals surface area contributed by atoms with Crippen molar-refractivity contribution in [1.29, 1.82) is 0 Å². The lowest BCUT2D eigenvalue weighted by atomic mass is 10.1. The van der Waals surface area contributed by atoms with E-state index in [1.54, 1.807) is 6.07 Å². The summed E-state index contributed by atoms with van der Waals surface area (Å²) >= 11 is 6.00. The van der Waals surface area contributed by atoms with Gasteiger partial charge in [-0.05, 0) is 42.8 Å². The second kappa shape index (κ2) is 6.37. The number of hydrogen-bond acceptors (Lipinski definition) is 3. The average molecular weight is 339 g/mol. The van der Waals surface area contributed by atoms with E-state index < -0.39 is 10.0 Å². The first-order valence-corrected chi connectivity index (χ1v) is 8.67. The molecule has 0 radical (unpaired) electrons. The predicted molar refractivity (Wildman–Crippen MR) is 89.1 cm³/mol. The number of carbonyl (C=O) groups excluding carboxylic acids is 1. The van der Waals surface area contributed by atoms with Crippen molar-refractivity contribution in [3.8, 4) is 0 Å². The molecule has 0 aliphatic rings. The molecule has 2 rings (SSSR count). The molecule has 0 aliphatic carbocycles. The van der Waals surface area contributed by atoms with Crippen molar-refractivity contribution in [2.45, 2.75) is 6.92 Å². The third-order valence-corrected chi connectivity index (χ3v) is 3.71. The highest BCUT2D eigenvalue weighted by Gasteiger charge is 2.11. The largest absolute Gasteiger partial charge is 0.322 e. The van der Waals surface area contributed by atoms with E-state index in [1.165, 1.54) is 18.2 Å².